The van der Waals surface area contributed by atoms with Crippen LogP contribution in [0.2, 0.25) is 0 Å². The third-order valence-corrected chi connectivity index (χ3v) is 5.66. The molecule has 0 aliphatic rings. The number of hydrogen-bond donors (Lipinski definition) is 1. The van der Waals surface area contributed by atoms with Gasteiger partial charge in [-0.05, 0) is 54.8 Å². The van der Waals surface area contributed by atoms with Crippen molar-refractivity contribution in [1.29, 1.82) is 0 Å². The first kappa shape index (κ1) is 19.8. The van der Waals surface area contributed by atoms with Gasteiger partial charge in [0.1, 0.15) is 11.3 Å². The maximum Gasteiger partial charge on any atom is 0.218 e. The van der Waals surface area contributed by atoms with Gasteiger partial charge >= 0.3 is 0 Å². The fraction of sp³-hybridized carbons (Fsp3) is 0.348. The van der Waals surface area contributed by atoms with Crippen LogP contribution in [0, 0.1) is 0 Å². The van der Waals surface area contributed by atoms with Crippen molar-refractivity contribution in [2.45, 2.75) is 38.5 Å². The molecule has 2 N–H and O–H groups in total. The summed E-state index contributed by atoms with van der Waals surface area (Å²) in [4.78, 5) is 11.7. The Bertz CT molecular complexity index is 985. The van der Waals surface area contributed by atoms with E-state index in [4.69, 9.17) is 19.6 Å². The third kappa shape index (κ3) is 3.57. The molecule has 0 saturated carbocycles. The van der Waals surface area contributed by atoms with Gasteiger partial charge in [-0.1, -0.05) is 19.9 Å². The normalized spacial score (nSPS) is 11.6. The monoisotopic (exact) mass is 381 g/mol. The highest BCUT2D eigenvalue weighted by atomic mass is 16.5. The second-order valence-electron chi connectivity index (χ2n) is 7.06. The lowest BCUT2D eigenvalue weighted by Crippen LogP contribution is -2.31. The zero-order valence-electron chi connectivity index (χ0n) is 16.9. The van der Waals surface area contributed by atoms with Crippen LogP contribution in [0.4, 0.5) is 0 Å². The van der Waals surface area contributed by atoms with Crippen LogP contribution in [0.15, 0.2) is 46.9 Å². The first-order valence-corrected chi connectivity index (χ1v) is 9.51. The molecule has 5 nitrogen and oxygen atoms in total. The summed E-state index contributed by atoms with van der Waals surface area (Å²) < 4.78 is 16.7. The largest absolute Gasteiger partial charge is 0.493 e. The van der Waals surface area contributed by atoms with Gasteiger partial charge in [-0.15, -0.1) is 0 Å². The zero-order chi connectivity index (χ0) is 20.3. The third-order valence-electron chi connectivity index (χ3n) is 5.66. The molecule has 1 aromatic heterocycles. The van der Waals surface area contributed by atoms with E-state index in [9.17, 15) is 4.79 Å². The summed E-state index contributed by atoms with van der Waals surface area (Å²) in [5, 5.41) is 0.998. The molecule has 0 bridgehead atoms. The van der Waals surface area contributed by atoms with Crippen molar-refractivity contribution in [1.82, 2.24) is 0 Å². The molecule has 1 amide bonds. The molecule has 148 valence electrons. The molecule has 5 heteroatoms. The van der Waals surface area contributed by atoms with Crippen molar-refractivity contribution in [3.8, 4) is 22.8 Å². The standard InChI is InChI=1S/C23H27NO4/c1-5-23(6-2,14-22(24)25)17-8-10-18-16(11-17)13-20(28-18)15-7-9-19(26-3)21(12-15)27-4/h7-13H,5-6,14H2,1-4H3,(H2,24,25). The Morgan fingerprint density at radius 1 is 1.00 bits per heavy atom. The van der Waals surface area contributed by atoms with Crippen molar-refractivity contribution in [2.75, 3.05) is 14.2 Å². The van der Waals surface area contributed by atoms with Crippen molar-refractivity contribution < 1.29 is 18.7 Å². The Morgan fingerprint density at radius 3 is 2.32 bits per heavy atom. The Labute approximate surface area is 165 Å². The van der Waals surface area contributed by atoms with E-state index < -0.39 is 0 Å². The highest BCUT2D eigenvalue weighted by Crippen LogP contribution is 2.39. The number of nitrogens with two attached hydrogens (primary N) is 1. The predicted molar refractivity (Wildman–Crippen MR) is 111 cm³/mol. The number of furan rings is 1. The quantitative estimate of drug-likeness (QED) is 0.592. The van der Waals surface area contributed by atoms with Gasteiger partial charge in [-0.25, -0.2) is 0 Å². The lowest BCUT2D eigenvalue weighted by atomic mass is 9.73. The molecule has 0 unspecified atom stereocenters. The second kappa shape index (κ2) is 7.97. The van der Waals surface area contributed by atoms with Crippen LogP contribution in [0.1, 0.15) is 38.7 Å². The average molecular weight is 381 g/mol. The number of ether oxygens (including phenoxy) is 2. The SMILES string of the molecule is CCC(CC)(CC(N)=O)c1ccc2oc(-c3ccc(OC)c(OC)c3)cc2c1. The highest BCUT2D eigenvalue weighted by Gasteiger charge is 2.30. The summed E-state index contributed by atoms with van der Waals surface area (Å²) >= 11 is 0. The maximum atomic E-state index is 11.7. The zero-order valence-corrected chi connectivity index (χ0v) is 16.9. The van der Waals surface area contributed by atoms with Crippen molar-refractivity contribution in [3.63, 3.8) is 0 Å². The van der Waals surface area contributed by atoms with Crippen LogP contribution in [0.25, 0.3) is 22.3 Å². The van der Waals surface area contributed by atoms with Crippen molar-refractivity contribution in [2.24, 2.45) is 5.73 Å². The van der Waals surface area contributed by atoms with E-state index in [0.29, 0.717) is 17.9 Å². The maximum absolute atomic E-state index is 11.7. The van der Waals surface area contributed by atoms with Crippen LogP contribution < -0.4 is 15.2 Å². The van der Waals surface area contributed by atoms with Crippen molar-refractivity contribution >= 4 is 16.9 Å². The van der Waals surface area contributed by atoms with Gasteiger partial charge in [0.15, 0.2) is 11.5 Å². The number of amides is 1. The van der Waals surface area contributed by atoms with Crippen LogP contribution in [0.3, 0.4) is 0 Å². The Balaban J connectivity index is 2.05. The van der Waals surface area contributed by atoms with Crippen LogP contribution in [-0.4, -0.2) is 20.1 Å². The van der Waals surface area contributed by atoms with E-state index >= 15 is 0 Å². The fourth-order valence-corrected chi connectivity index (χ4v) is 3.85. The Hall–Kier alpha value is -2.95. The molecule has 0 fully saturated rings. The summed E-state index contributed by atoms with van der Waals surface area (Å²) in [5.74, 6) is 1.80. The van der Waals surface area contributed by atoms with Gasteiger partial charge in [-0.3, -0.25) is 4.79 Å². The molecule has 0 aliphatic heterocycles. The lowest BCUT2D eigenvalue weighted by Gasteiger charge is -2.31. The number of hydrogen-bond acceptors (Lipinski definition) is 4. The van der Waals surface area contributed by atoms with E-state index in [-0.39, 0.29) is 11.3 Å². The van der Waals surface area contributed by atoms with Gasteiger partial charge < -0.3 is 19.6 Å². The first-order chi connectivity index (χ1) is 13.5. The Morgan fingerprint density at radius 2 is 1.71 bits per heavy atom. The lowest BCUT2D eigenvalue weighted by molar-refractivity contribution is -0.119. The van der Waals surface area contributed by atoms with E-state index in [1.165, 1.54) is 0 Å². The van der Waals surface area contributed by atoms with E-state index in [1.54, 1.807) is 14.2 Å². The number of primary amides is 1. The highest BCUT2D eigenvalue weighted by molar-refractivity contribution is 5.84. The van der Waals surface area contributed by atoms with Crippen LogP contribution in [-0.2, 0) is 10.2 Å². The van der Waals surface area contributed by atoms with Crippen molar-refractivity contribution in [3.05, 3.63) is 48.0 Å². The molecule has 1 heterocycles. The summed E-state index contributed by atoms with van der Waals surface area (Å²) in [6, 6.07) is 13.8. The molecule has 0 saturated heterocycles. The van der Waals surface area contributed by atoms with E-state index in [1.807, 2.05) is 36.4 Å². The number of methoxy groups -OCH3 is 2. The summed E-state index contributed by atoms with van der Waals surface area (Å²) in [5.41, 5.74) is 8.10. The van der Waals surface area contributed by atoms with Crippen LogP contribution >= 0.6 is 0 Å². The molecule has 3 rings (SSSR count). The molecule has 0 radical (unpaired) electrons. The van der Waals surface area contributed by atoms with E-state index in [0.717, 1.165) is 40.7 Å². The summed E-state index contributed by atoms with van der Waals surface area (Å²) in [6.45, 7) is 4.20. The number of benzene rings is 2. The van der Waals surface area contributed by atoms with Gasteiger partial charge in [0, 0.05) is 22.8 Å². The summed E-state index contributed by atoms with van der Waals surface area (Å²) in [6.07, 6.45) is 2.03. The minimum atomic E-state index is -0.276. The smallest absolute Gasteiger partial charge is 0.218 e. The molecular formula is C23H27NO4. The van der Waals surface area contributed by atoms with E-state index in [2.05, 4.69) is 19.9 Å². The number of carbonyl (C=O) groups is 1. The minimum Gasteiger partial charge on any atom is -0.493 e. The van der Waals surface area contributed by atoms with Gasteiger partial charge in [0.2, 0.25) is 5.91 Å². The topological polar surface area (TPSA) is 74.7 Å². The molecular weight excluding hydrogens is 354 g/mol. The molecule has 0 atom stereocenters. The van der Waals surface area contributed by atoms with Gasteiger partial charge in [0.25, 0.3) is 0 Å². The van der Waals surface area contributed by atoms with Crippen LogP contribution in [0.5, 0.6) is 11.5 Å². The Kier molecular flexibility index (Phi) is 5.63. The molecule has 28 heavy (non-hydrogen) atoms. The first-order valence-electron chi connectivity index (χ1n) is 9.51. The fourth-order valence-electron chi connectivity index (χ4n) is 3.85. The predicted octanol–water partition coefficient (Wildman–Crippen LogP) is 5.05. The molecule has 3 aromatic rings. The molecule has 0 spiro atoms. The van der Waals surface area contributed by atoms with Gasteiger partial charge in [0.05, 0.1) is 14.2 Å². The second-order valence-corrected chi connectivity index (χ2v) is 7.06. The average Bonchev–Trinajstić information content (AvgIpc) is 3.14. The molecule has 2 aromatic carbocycles. The summed E-state index contributed by atoms with van der Waals surface area (Å²) in [7, 11) is 3.22. The number of rotatable bonds is 8. The molecule has 0 aliphatic carbocycles. The van der Waals surface area contributed by atoms with Gasteiger partial charge in [-0.2, -0.15) is 0 Å². The number of fused-ring (bicyclic) bond motifs is 1. The number of carbonyl (C=O) groups excluding carboxylic acids is 1. The minimum absolute atomic E-state index is 0.249.